The lowest BCUT2D eigenvalue weighted by Crippen LogP contribution is -2.57. The number of imide groups is 1. The maximum atomic E-state index is 15.2. The molecule has 5 heterocycles. The third kappa shape index (κ3) is 9.37. The van der Waals surface area contributed by atoms with Gasteiger partial charge in [-0.2, -0.15) is 4.98 Å². The van der Waals surface area contributed by atoms with Gasteiger partial charge in [-0.1, -0.05) is 25.1 Å². The maximum absolute atomic E-state index is 15.2. The SMILES string of the molecule is CCc1cc(Nc2ncc(Br)c(Nc3cnc4ccccc4c3P(C)(C)=O)n2)c(OC)cc1N1CCC(N2CCN([C@H]3C[C@H](c4cc(F)c(C5CCC(=O)NC5=O)c(F)c4)C3)CC2)CC1. The molecule has 3 saturated heterocycles. The molecule has 13 nitrogen and oxygen atoms in total. The third-order valence-corrected chi connectivity index (χ3v) is 15.9. The summed E-state index contributed by atoms with van der Waals surface area (Å²) in [5, 5.41) is 10.5. The Bertz CT molecular complexity index is 2660. The summed E-state index contributed by atoms with van der Waals surface area (Å²) in [6, 6.07) is 15.6. The molecule has 342 valence electrons. The van der Waals surface area contributed by atoms with Crippen LogP contribution in [0, 0.1) is 11.6 Å². The van der Waals surface area contributed by atoms with Crippen LogP contribution in [0.15, 0.2) is 65.4 Å². The summed E-state index contributed by atoms with van der Waals surface area (Å²) in [7, 11) is -1.05. The number of carbonyl (C=O) groups is 2. The van der Waals surface area contributed by atoms with Gasteiger partial charge in [0.05, 0.1) is 40.6 Å². The Morgan fingerprint density at radius 3 is 2.23 bits per heavy atom. The number of ether oxygens (including phenoxy) is 1. The van der Waals surface area contributed by atoms with Crippen LogP contribution < -0.4 is 30.9 Å². The van der Waals surface area contributed by atoms with Crippen molar-refractivity contribution in [2.24, 2.45) is 0 Å². The lowest BCUT2D eigenvalue weighted by molar-refractivity contribution is -0.134. The Hall–Kier alpha value is -5.02. The summed E-state index contributed by atoms with van der Waals surface area (Å²) in [5.74, 6) is -1.79. The van der Waals surface area contributed by atoms with Crippen LogP contribution in [-0.2, 0) is 20.6 Å². The number of aryl methyl sites for hydroxylation is 1. The molecule has 1 atom stereocenters. The Morgan fingerprint density at radius 2 is 1.57 bits per heavy atom. The number of methoxy groups -OCH3 is 1. The molecule has 2 aromatic heterocycles. The van der Waals surface area contributed by atoms with Crippen molar-refractivity contribution < 1.29 is 27.7 Å². The summed E-state index contributed by atoms with van der Waals surface area (Å²) < 4.78 is 50.6. The number of halogens is 3. The first kappa shape index (κ1) is 45.1. The van der Waals surface area contributed by atoms with E-state index in [9.17, 15) is 14.2 Å². The van der Waals surface area contributed by atoms with E-state index in [1.165, 1.54) is 23.4 Å². The van der Waals surface area contributed by atoms with Crippen molar-refractivity contribution in [1.82, 2.24) is 30.1 Å². The van der Waals surface area contributed by atoms with Crippen molar-refractivity contribution >= 4 is 79.9 Å². The van der Waals surface area contributed by atoms with Gasteiger partial charge in [-0.3, -0.25) is 29.7 Å². The molecule has 2 amide bonds. The minimum Gasteiger partial charge on any atom is -0.494 e. The number of hydrogen-bond donors (Lipinski definition) is 3. The monoisotopic (exact) mass is 969 g/mol. The predicted octanol–water partition coefficient (Wildman–Crippen LogP) is 8.42. The highest BCUT2D eigenvalue weighted by atomic mass is 79.9. The first-order chi connectivity index (χ1) is 31.3. The normalized spacial score (nSPS) is 21.3. The fourth-order valence-corrected chi connectivity index (χ4v) is 12.0. The molecule has 5 aromatic rings. The van der Waals surface area contributed by atoms with Crippen LogP contribution in [0.25, 0.3) is 10.9 Å². The second-order valence-corrected chi connectivity index (χ2v) is 22.1. The molecular formula is C48H55BrF2N9O4P. The van der Waals surface area contributed by atoms with Gasteiger partial charge in [0, 0.05) is 92.0 Å². The van der Waals surface area contributed by atoms with Crippen molar-refractivity contribution in [3.8, 4) is 5.75 Å². The van der Waals surface area contributed by atoms with Crippen LogP contribution in [-0.4, -0.2) is 108 Å². The number of hydrogen-bond acceptors (Lipinski definition) is 12. The Kier molecular flexibility index (Phi) is 13.0. The number of piperidine rings is 2. The second kappa shape index (κ2) is 18.7. The lowest BCUT2D eigenvalue weighted by atomic mass is 9.74. The van der Waals surface area contributed by atoms with E-state index >= 15 is 8.78 Å². The van der Waals surface area contributed by atoms with E-state index in [1.54, 1.807) is 32.8 Å². The van der Waals surface area contributed by atoms with E-state index in [1.807, 2.05) is 24.3 Å². The number of piperazine rings is 1. The molecule has 4 aliphatic rings. The largest absolute Gasteiger partial charge is 0.494 e. The van der Waals surface area contributed by atoms with Crippen LogP contribution >= 0.6 is 23.1 Å². The molecule has 0 spiro atoms. The number of pyridine rings is 1. The zero-order chi connectivity index (χ0) is 45.6. The molecule has 17 heteroatoms. The summed E-state index contributed by atoms with van der Waals surface area (Å²) >= 11 is 3.60. The summed E-state index contributed by atoms with van der Waals surface area (Å²) in [6.07, 6.45) is 8.23. The molecule has 3 N–H and O–H groups in total. The third-order valence-electron chi connectivity index (χ3n) is 13.8. The highest BCUT2D eigenvalue weighted by molar-refractivity contribution is 9.10. The Balaban J connectivity index is 0.794. The Labute approximate surface area is 386 Å². The van der Waals surface area contributed by atoms with Gasteiger partial charge >= 0.3 is 0 Å². The van der Waals surface area contributed by atoms with E-state index in [0.29, 0.717) is 45.3 Å². The molecule has 9 rings (SSSR count). The van der Waals surface area contributed by atoms with Crippen molar-refractivity contribution in [2.45, 2.75) is 75.8 Å². The number of nitrogens with one attached hydrogen (secondary N) is 3. The number of carbonyl (C=O) groups excluding carboxylic acids is 2. The van der Waals surface area contributed by atoms with Crippen LogP contribution in [0.3, 0.4) is 0 Å². The molecule has 3 aliphatic heterocycles. The molecule has 1 unspecified atom stereocenters. The van der Waals surface area contributed by atoms with Crippen molar-refractivity contribution in [3.63, 3.8) is 0 Å². The van der Waals surface area contributed by atoms with Gasteiger partial charge in [-0.25, -0.2) is 13.8 Å². The molecule has 65 heavy (non-hydrogen) atoms. The van der Waals surface area contributed by atoms with Crippen LogP contribution in [0.4, 0.5) is 37.6 Å². The molecule has 1 aliphatic carbocycles. The van der Waals surface area contributed by atoms with Crippen molar-refractivity contribution in [1.29, 1.82) is 0 Å². The second-order valence-electron chi connectivity index (χ2n) is 18.1. The van der Waals surface area contributed by atoms with Gasteiger partial charge in [0.2, 0.25) is 17.8 Å². The van der Waals surface area contributed by atoms with Crippen molar-refractivity contribution in [3.05, 3.63) is 93.7 Å². The topological polar surface area (TPSA) is 145 Å². The highest BCUT2D eigenvalue weighted by Gasteiger charge is 2.39. The van der Waals surface area contributed by atoms with E-state index in [2.05, 4.69) is 75.6 Å². The van der Waals surface area contributed by atoms with E-state index in [-0.39, 0.29) is 24.3 Å². The number of fused-ring (bicyclic) bond motifs is 1. The van der Waals surface area contributed by atoms with Crippen LogP contribution in [0.5, 0.6) is 5.75 Å². The fourth-order valence-electron chi connectivity index (χ4n) is 10.3. The fraction of sp³-hybridized carbons (Fsp3) is 0.438. The minimum absolute atomic E-state index is 0.0727. The predicted molar refractivity (Wildman–Crippen MR) is 255 cm³/mol. The average Bonchev–Trinajstić information content (AvgIpc) is 3.27. The van der Waals surface area contributed by atoms with Crippen molar-refractivity contribution in [2.75, 3.05) is 75.2 Å². The van der Waals surface area contributed by atoms with Gasteiger partial charge in [-0.15, -0.1) is 0 Å². The number of aromatic nitrogens is 3. The van der Waals surface area contributed by atoms with Gasteiger partial charge in [0.15, 0.2) is 0 Å². The van der Waals surface area contributed by atoms with E-state index < -0.39 is 36.5 Å². The highest BCUT2D eigenvalue weighted by Crippen LogP contribution is 2.44. The minimum atomic E-state index is -2.72. The number of anilines is 5. The van der Waals surface area contributed by atoms with Gasteiger partial charge in [0.25, 0.3) is 0 Å². The summed E-state index contributed by atoms with van der Waals surface area (Å²) in [6.45, 7) is 11.5. The molecule has 3 aromatic carbocycles. The van der Waals surface area contributed by atoms with Crippen LogP contribution in [0.1, 0.15) is 74.0 Å². The average molecular weight is 971 g/mol. The first-order valence-electron chi connectivity index (χ1n) is 22.5. The van der Waals surface area contributed by atoms with Gasteiger partial charge in [-0.05, 0) is 109 Å². The lowest BCUT2D eigenvalue weighted by Gasteiger charge is -2.49. The zero-order valence-electron chi connectivity index (χ0n) is 37.2. The van der Waals surface area contributed by atoms with Gasteiger partial charge < -0.3 is 24.8 Å². The summed E-state index contributed by atoms with van der Waals surface area (Å²) in [5.41, 5.74) is 4.94. The zero-order valence-corrected chi connectivity index (χ0v) is 39.7. The smallest absolute Gasteiger partial charge is 0.234 e. The number of benzene rings is 3. The van der Waals surface area contributed by atoms with E-state index in [4.69, 9.17) is 9.72 Å². The molecule has 0 radical (unpaired) electrons. The number of rotatable bonds is 12. The number of amides is 2. The van der Waals surface area contributed by atoms with Gasteiger partial charge in [0.1, 0.15) is 30.3 Å². The molecule has 4 fully saturated rings. The molecule has 1 saturated carbocycles. The quantitative estimate of drug-likeness (QED) is 0.0816. The summed E-state index contributed by atoms with van der Waals surface area (Å²) in [4.78, 5) is 45.5. The maximum Gasteiger partial charge on any atom is 0.234 e. The van der Waals surface area contributed by atoms with Crippen LogP contribution in [0.2, 0.25) is 0 Å². The molecule has 0 bridgehead atoms. The molecular weight excluding hydrogens is 915 g/mol. The van der Waals surface area contributed by atoms with E-state index in [0.717, 1.165) is 93.3 Å². The Morgan fingerprint density at radius 1 is 0.877 bits per heavy atom. The number of para-hydroxylation sites is 1. The number of nitrogens with zero attached hydrogens (tertiary/aromatic N) is 6. The first-order valence-corrected chi connectivity index (χ1v) is 25.9. The standard InChI is InChI=1S/C48H55BrF2N9O4P/c1-5-28-24-39(55-48-53-26-35(49)46(57-48)54-40-27-52-38-9-7-6-8-33(38)45(40)65(3,4)63)42(64-2)25-41(28)60-14-12-31(13-15-60)58-16-18-59(19-17-58)32-20-29(21-32)30-22-36(50)44(37(51)23-30)34-10-11-43(61)56-47(34)62/h6-9,22-27,29,31-32,34H,5,10-21H2,1-4H3,(H,56,61,62)(H2,53,54,55,57)/t29-,32-,34?.